The Morgan fingerprint density at radius 2 is 1.90 bits per heavy atom. The van der Waals surface area contributed by atoms with Crippen LogP contribution in [0.25, 0.3) is 0 Å². The SMILES string of the molecule is CCOC(C)=O.O=[PH](O)O. The van der Waals surface area contributed by atoms with Gasteiger partial charge in [0.05, 0.1) is 6.61 Å². The zero-order valence-electron chi connectivity index (χ0n) is 5.83. The van der Waals surface area contributed by atoms with Gasteiger partial charge in [0, 0.05) is 6.92 Å². The van der Waals surface area contributed by atoms with Crippen molar-refractivity contribution in [2.45, 2.75) is 13.8 Å². The van der Waals surface area contributed by atoms with E-state index in [-0.39, 0.29) is 5.97 Å². The molecule has 0 spiro atoms. The number of rotatable bonds is 1. The highest BCUT2D eigenvalue weighted by Crippen LogP contribution is 1.98. The van der Waals surface area contributed by atoms with Crippen LogP contribution in [0, 0.1) is 0 Å². The van der Waals surface area contributed by atoms with E-state index in [1.807, 2.05) is 0 Å². The predicted octanol–water partition coefficient (Wildman–Crippen LogP) is -0.0699. The van der Waals surface area contributed by atoms with E-state index in [0.717, 1.165) is 0 Å². The first-order chi connectivity index (χ1) is 4.50. The Labute approximate surface area is 59.6 Å². The molecule has 0 aromatic heterocycles. The lowest BCUT2D eigenvalue weighted by Crippen LogP contribution is -1.95. The normalized spacial score (nSPS) is 8.10. The van der Waals surface area contributed by atoms with Gasteiger partial charge in [-0.1, -0.05) is 0 Å². The minimum absolute atomic E-state index is 0.211. The van der Waals surface area contributed by atoms with Crippen molar-refractivity contribution in [3.05, 3.63) is 0 Å². The summed E-state index contributed by atoms with van der Waals surface area (Å²) in [5.41, 5.74) is 0. The number of carbonyl (C=O) groups is 1. The maximum atomic E-state index is 9.82. The summed E-state index contributed by atoms with van der Waals surface area (Å²) in [6.07, 6.45) is 0. The molecule has 0 aromatic carbocycles. The molecule has 0 aliphatic carbocycles. The van der Waals surface area contributed by atoms with Crippen LogP contribution in [0.2, 0.25) is 0 Å². The molecule has 6 heteroatoms. The van der Waals surface area contributed by atoms with Gasteiger partial charge in [-0.3, -0.25) is 9.36 Å². The second-order valence-electron chi connectivity index (χ2n) is 1.21. The molecule has 0 heterocycles. The van der Waals surface area contributed by atoms with Gasteiger partial charge in [0.15, 0.2) is 0 Å². The van der Waals surface area contributed by atoms with E-state index in [2.05, 4.69) is 4.74 Å². The van der Waals surface area contributed by atoms with Gasteiger partial charge in [0.25, 0.3) is 0 Å². The lowest BCUT2D eigenvalue weighted by atomic mass is 10.8. The molecular formula is C4H11O5P. The van der Waals surface area contributed by atoms with Crippen LogP contribution >= 0.6 is 8.25 Å². The van der Waals surface area contributed by atoms with Crippen molar-refractivity contribution < 1.29 is 23.9 Å². The molecule has 0 fully saturated rings. The third kappa shape index (κ3) is 48.6. The summed E-state index contributed by atoms with van der Waals surface area (Å²) in [5, 5.41) is 0. The molecule has 0 radical (unpaired) electrons. The fraction of sp³-hybridized carbons (Fsp3) is 0.750. The number of esters is 1. The Balaban J connectivity index is 0. The molecule has 0 amide bonds. The predicted molar refractivity (Wildman–Crippen MR) is 35.7 cm³/mol. The first-order valence-corrected chi connectivity index (χ1v) is 3.86. The van der Waals surface area contributed by atoms with E-state index >= 15 is 0 Å². The van der Waals surface area contributed by atoms with Gasteiger partial charge in [0.2, 0.25) is 0 Å². The van der Waals surface area contributed by atoms with Crippen molar-refractivity contribution in [3.8, 4) is 0 Å². The van der Waals surface area contributed by atoms with Crippen molar-refractivity contribution in [3.63, 3.8) is 0 Å². The summed E-state index contributed by atoms with van der Waals surface area (Å²) < 4.78 is 13.1. The quantitative estimate of drug-likeness (QED) is 0.425. The summed E-state index contributed by atoms with van der Waals surface area (Å²) in [4.78, 5) is 24.1. The first-order valence-electron chi connectivity index (χ1n) is 2.56. The Morgan fingerprint density at radius 1 is 1.60 bits per heavy atom. The van der Waals surface area contributed by atoms with Gasteiger partial charge < -0.3 is 14.5 Å². The monoisotopic (exact) mass is 170 g/mol. The van der Waals surface area contributed by atoms with Crippen molar-refractivity contribution in [2.75, 3.05) is 6.61 Å². The van der Waals surface area contributed by atoms with Crippen LogP contribution < -0.4 is 0 Å². The van der Waals surface area contributed by atoms with Gasteiger partial charge in [0.1, 0.15) is 0 Å². The molecule has 0 aliphatic rings. The summed E-state index contributed by atoms with van der Waals surface area (Å²) in [6.45, 7) is 3.65. The van der Waals surface area contributed by atoms with E-state index in [1.54, 1.807) is 6.92 Å². The highest BCUT2D eigenvalue weighted by Gasteiger charge is 1.81. The third-order valence-electron chi connectivity index (χ3n) is 0.348. The molecule has 0 aliphatic heterocycles. The van der Waals surface area contributed by atoms with Crippen molar-refractivity contribution in [1.29, 1.82) is 0 Å². The highest BCUT2D eigenvalue weighted by atomic mass is 31.1. The van der Waals surface area contributed by atoms with E-state index in [4.69, 9.17) is 14.4 Å². The number of hydrogen-bond donors (Lipinski definition) is 2. The Hall–Kier alpha value is -0.380. The molecule has 0 rings (SSSR count). The smallest absolute Gasteiger partial charge is 0.314 e. The topological polar surface area (TPSA) is 83.8 Å². The van der Waals surface area contributed by atoms with Gasteiger partial charge in [-0.2, -0.15) is 0 Å². The summed E-state index contributed by atoms with van der Waals surface area (Å²) in [5.74, 6) is -0.211. The van der Waals surface area contributed by atoms with E-state index in [1.165, 1.54) is 6.92 Å². The number of carbonyl (C=O) groups excluding carboxylic acids is 1. The zero-order chi connectivity index (χ0) is 8.57. The number of hydrogen-bond acceptors (Lipinski definition) is 3. The molecule has 0 unspecified atom stereocenters. The van der Waals surface area contributed by atoms with Crippen LogP contribution in [0.5, 0.6) is 0 Å². The van der Waals surface area contributed by atoms with E-state index in [9.17, 15) is 4.79 Å². The standard InChI is InChI=1S/C4H8O2.H3O3P/c1-3-6-4(2)5;1-4(2)3/h3H2,1-2H3;4H,(H2,1,2,3). The third-order valence-corrected chi connectivity index (χ3v) is 0.348. The van der Waals surface area contributed by atoms with Gasteiger partial charge >= 0.3 is 14.2 Å². The Kier molecular flexibility index (Phi) is 10.6. The molecule has 62 valence electrons. The molecule has 0 bridgehead atoms. The van der Waals surface area contributed by atoms with Crippen LogP contribution in [-0.2, 0) is 14.1 Å². The molecule has 0 aromatic rings. The van der Waals surface area contributed by atoms with Gasteiger partial charge in [-0.25, -0.2) is 0 Å². The highest BCUT2D eigenvalue weighted by molar-refractivity contribution is 7.30. The largest absolute Gasteiger partial charge is 0.466 e. The van der Waals surface area contributed by atoms with Crippen LogP contribution in [0.4, 0.5) is 0 Å². The Bertz CT molecular complexity index is 108. The average molecular weight is 170 g/mol. The molecule has 10 heavy (non-hydrogen) atoms. The van der Waals surface area contributed by atoms with Crippen LogP contribution in [0.1, 0.15) is 13.8 Å². The van der Waals surface area contributed by atoms with E-state index in [0.29, 0.717) is 6.61 Å². The molecule has 0 atom stereocenters. The lowest BCUT2D eigenvalue weighted by molar-refractivity contribution is -0.140. The Morgan fingerprint density at radius 3 is 1.90 bits per heavy atom. The number of ether oxygens (including phenoxy) is 1. The summed E-state index contributed by atoms with van der Waals surface area (Å²) >= 11 is 0. The van der Waals surface area contributed by atoms with Gasteiger partial charge in [-0.05, 0) is 6.92 Å². The van der Waals surface area contributed by atoms with Crippen LogP contribution in [0.15, 0.2) is 0 Å². The van der Waals surface area contributed by atoms with Crippen molar-refractivity contribution in [2.24, 2.45) is 0 Å². The van der Waals surface area contributed by atoms with Crippen molar-refractivity contribution in [1.82, 2.24) is 0 Å². The molecular weight excluding hydrogens is 159 g/mol. The minimum atomic E-state index is -3.13. The first kappa shape index (κ1) is 12.3. The summed E-state index contributed by atoms with van der Waals surface area (Å²) in [6, 6.07) is 0. The maximum Gasteiger partial charge on any atom is 0.314 e. The van der Waals surface area contributed by atoms with Gasteiger partial charge in [-0.15, -0.1) is 0 Å². The van der Waals surface area contributed by atoms with Crippen molar-refractivity contribution >= 4 is 14.2 Å². The average Bonchev–Trinajstić information content (AvgIpc) is 1.62. The minimum Gasteiger partial charge on any atom is -0.466 e. The van der Waals surface area contributed by atoms with Crippen LogP contribution in [-0.4, -0.2) is 22.4 Å². The second-order valence-corrected chi connectivity index (χ2v) is 1.77. The molecule has 2 N–H and O–H groups in total. The maximum absolute atomic E-state index is 9.82. The summed E-state index contributed by atoms with van der Waals surface area (Å²) in [7, 11) is -3.13. The van der Waals surface area contributed by atoms with E-state index < -0.39 is 8.25 Å². The molecule has 5 nitrogen and oxygen atoms in total. The fourth-order valence-electron chi connectivity index (χ4n) is 0.203. The fourth-order valence-corrected chi connectivity index (χ4v) is 0.203. The lowest BCUT2D eigenvalue weighted by Gasteiger charge is -1.89. The van der Waals surface area contributed by atoms with Crippen LogP contribution in [0.3, 0.4) is 0 Å². The zero-order valence-corrected chi connectivity index (χ0v) is 6.83. The molecule has 0 saturated heterocycles. The second kappa shape index (κ2) is 8.62. The molecule has 0 saturated carbocycles.